The van der Waals surface area contributed by atoms with Crippen LogP contribution in [-0.4, -0.2) is 12.5 Å². The van der Waals surface area contributed by atoms with Crippen molar-refractivity contribution in [3.8, 4) is 0 Å². The lowest BCUT2D eigenvalue weighted by atomic mass is 10.1. The highest BCUT2D eigenvalue weighted by Crippen LogP contribution is 2.20. The molecule has 0 aromatic heterocycles. The van der Waals surface area contributed by atoms with Gasteiger partial charge in [0.1, 0.15) is 0 Å². The molecule has 3 N–H and O–H groups in total. The van der Waals surface area contributed by atoms with E-state index in [1.807, 2.05) is 30.3 Å². The van der Waals surface area contributed by atoms with Crippen molar-refractivity contribution >= 4 is 29.1 Å². The van der Waals surface area contributed by atoms with Crippen LogP contribution in [0.4, 0.5) is 0 Å². The molecular weight excluding hydrogens is 307 g/mol. The minimum atomic E-state index is -0.247. The highest BCUT2D eigenvalue weighted by Gasteiger charge is 2.11. The zero-order valence-electron chi connectivity index (χ0n) is 11.4. The third kappa shape index (κ3) is 4.46. The molecular formula is C16H16Cl2N2O. The second-order valence-corrected chi connectivity index (χ2v) is 5.53. The predicted octanol–water partition coefficient (Wildman–Crippen LogP) is 3.81. The van der Waals surface area contributed by atoms with Gasteiger partial charge in [-0.25, -0.2) is 0 Å². The molecule has 2 aromatic carbocycles. The van der Waals surface area contributed by atoms with Crippen molar-refractivity contribution in [2.75, 3.05) is 6.54 Å². The van der Waals surface area contributed by atoms with E-state index in [1.54, 1.807) is 18.2 Å². The van der Waals surface area contributed by atoms with Crippen LogP contribution in [0.2, 0.25) is 10.0 Å². The fourth-order valence-corrected chi connectivity index (χ4v) is 2.35. The summed E-state index contributed by atoms with van der Waals surface area (Å²) in [7, 11) is 0. The minimum absolute atomic E-state index is 0.110. The Morgan fingerprint density at radius 3 is 2.57 bits per heavy atom. The summed E-state index contributed by atoms with van der Waals surface area (Å²) in [5.74, 6) is -0.247. The van der Waals surface area contributed by atoms with Crippen molar-refractivity contribution in [2.45, 2.75) is 12.5 Å². The summed E-state index contributed by atoms with van der Waals surface area (Å²) in [5, 5.41) is 3.66. The average molecular weight is 323 g/mol. The predicted molar refractivity (Wildman–Crippen MR) is 86.8 cm³/mol. The van der Waals surface area contributed by atoms with Crippen LogP contribution in [-0.2, 0) is 0 Å². The van der Waals surface area contributed by atoms with Gasteiger partial charge in [0.2, 0.25) is 0 Å². The molecule has 0 fully saturated rings. The van der Waals surface area contributed by atoms with Crippen molar-refractivity contribution in [3.63, 3.8) is 0 Å². The van der Waals surface area contributed by atoms with Gasteiger partial charge in [-0.3, -0.25) is 4.79 Å². The van der Waals surface area contributed by atoms with Crippen LogP contribution >= 0.6 is 23.2 Å². The van der Waals surface area contributed by atoms with Crippen LogP contribution in [0.3, 0.4) is 0 Å². The SMILES string of the molecule is NC(CCNC(=O)c1cc(Cl)ccc1Cl)c1ccccc1. The minimum Gasteiger partial charge on any atom is -0.352 e. The summed E-state index contributed by atoms with van der Waals surface area (Å²) in [6.07, 6.45) is 0.647. The molecule has 2 rings (SSSR count). The Kier molecular flexibility index (Phi) is 5.62. The maximum Gasteiger partial charge on any atom is 0.252 e. The van der Waals surface area contributed by atoms with E-state index in [1.165, 1.54) is 0 Å². The topological polar surface area (TPSA) is 55.1 Å². The second kappa shape index (κ2) is 7.46. The smallest absolute Gasteiger partial charge is 0.252 e. The number of hydrogen-bond donors (Lipinski definition) is 2. The Balaban J connectivity index is 1.88. The summed E-state index contributed by atoms with van der Waals surface area (Å²) < 4.78 is 0. The molecule has 0 heterocycles. The van der Waals surface area contributed by atoms with Crippen LogP contribution < -0.4 is 11.1 Å². The summed E-state index contributed by atoms with van der Waals surface area (Å²) in [5.41, 5.74) is 7.50. The Morgan fingerprint density at radius 2 is 1.86 bits per heavy atom. The van der Waals surface area contributed by atoms with Crippen molar-refractivity contribution in [3.05, 3.63) is 69.7 Å². The van der Waals surface area contributed by atoms with Crippen LogP contribution in [0.1, 0.15) is 28.4 Å². The number of carbonyl (C=O) groups excluding carboxylic acids is 1. The highest BCUT2D eigenvalue weighted by atomic mass is 35.5. The lowest BCUT2D eigenvalue weighted by molar-refractivity contribution is 0.0952. The Morgan fingerprint density at radius 1 is 1.14 bits per heavy atom. The molecule has 21 heavy (non-hydrogen) atoms. The molecule has 0 bridgehead atoms. The third-order valence-corrected chi connectivity index (χ3v) is 3.71. The number of hydrogen-bond acceptors (Lipinski definition) is 2. The highest BCUT2D eigenvalue weighted by molar-refractivity contribution is 6.35. The van der Waals surface area contributed by atoms with E-state index in [0.717, 1.165) is 5.56 Å². The first-order valence-corrected chi connectivity index (χ1v) is 7.37. The molecule has 1 atom stereocenters. The Bertz CT molecular complexity index is 617. The first kappa shape index (κ1) is 15.8. The quantitative estimate of drug-likeness (QED) is 0.879. The van der Waals surface area contributed by atoms with Gasteiger partial charge in [-0.15, -0.1) is 0 Å². The molecule has 2 aromatic rings. The van der Waals surface area contributed by atoms with E-state index >= 15 is 0 Å². The first-order valence-electron chi connectivity index (χ1n) is 6.61. The summed E-state index contributed by atoms with van der Waals surface area (Å²) in [4.78, 5) is 12.0. The number of nitrogens with two attached hydrogens (primary N) is 1. The summed E-state index contributed by atoms with van der Waals surface area (Å²) in [6.45, 7) is 0.470. The molecule has 0 spiro atoms. The monoisotopic (exact) mass is 322 g/mol. The van der Waals surface area contributed by atoms with Gasteiger partial charge in [-0.1, -0.05) is 53.5 Å². The van der Waals surface area contributed by atoms with Gasteiger partial charge in [0.25, 0.3) is 5.91 Å². The van der Waals surface area contributed by atoms with Crippen LogP contribution in [0, 0.1) is 0 Å². The lowest BCUT2D eigenvalue weighted by Gasteiger charge is -2.13. The molecule has 0 aliphatic rings. The van der Waals surface area contributed by atoms with E-state index in [4.69, 9.17) is 28.9 Å². The van der Waals surface area contributed by atoms with Crippen molar-refractivity contribution in [1.29, 1.82) is 0 Å². The van der Waals surface area contributed by atoms with Crippen LogP contribution in [0.5, 0.6) is 0 Å². The Labute approximate surface area is 134 Å². The lowest BCUT2D eigenvalue weighted by Crippen LogP contribution is -2.27. The van der Waals surface area contributed by atoms with Gasteiger partial charge in [-0.2, -0.15) is 0 Å². The molecule has 0 saturated carbocycles. The third-order valence-electron chi connectivity index (χ3n) is 3.14. The molecule has 0 aliphatic heterocycles. The standard InChI is InChI=1S/C16H16Cl2N2O/c17-12-6-7-14(18)13(10-12)16(21)20-9-8-15(19)11-4-2-1-3-5-11/h1-7,10,15H,8-9,19H2,(H,20,21). The number of rotatable bonds is 5. The normalized spacial score (nSPS) is 12.0. The average Bonchev–Trinajstić information content (AvgIpc) is 2.50. The van der Waals surface area contributed by atoms with E-state index < -0.39 is 0 Å². The van der Waals surface area contributed by atoms with Crippen molar-refractivity contribution in [2.24, 2.45) is 5.73 Å². The van der Waals surface area contributed by atoms with E-state index in [0.29, 0.717) is 28.6 Å². The van der Waals surface area contributed by atoms with Crippen LogP contribution in [0.15, 0.2) is 48.5 Å². The fraction of sp³-hybridized carbons (Fsp3) is 0.188. The fourth-order valence-electron chi connectivity index (χ4n) is 1.97. The van der Waals surface area contributed by atoms with Crippen molar-refractivity contribution < 1.29 is 4.79 Å². The number of halogens is 2. The van der Waals surface area contributed by atoms with Crippen molar-refractivity contribution in [1.82, 2.24) is 5.32 Å². The number of nitrogens with one attached hydrogen (secondary N) is 1. The molecule has 1 amide bonds. The van der Waals surface area contributed by atoms with Crippen LogP contribution in [0.25, 0.3) is 0 Å². The van der Waals surface area contributed by atoms with Gasteiger partial charge >= 0.3 is 0 Å². The molecule has 1 unspecified atom stereocenters. The van der Waals surface area contributed by atoms with Gasteiger partial charge in [0, 0.05) is 17.6 Å². The maximum atomic E-state index is 12.0. The Hall–Kier alpha value is -1.55. The summed E-state index contributed by atoms with van der Waals surface area (Å²) >= 11 is 11.9. The largest absolute Gasteiger partial charge is 0.352 e. The maximum absolute atomic E-state index is 12.0. The molecule has 0 radical (unpaired) electrons. The molecule has 110 valence electrons. The van der Waals surface area contributed by atoms with Gasteiger partial charge in [0.15, 0.2) is 0 Å². The number of carbonyl (C=O) groups is 1. The van der Waals surface area contributed by atoms with Gasteiger partial charge in [-0.05, 0) is 30.2 Å². The zero-order chi connectivity index (χ0) is 15.2. The van der Waals surface area contributed by atoms with E-state index in [2.05, 4.69) is 5.32 Å². The zero-order valence-corrected chi connectivity index (χ0v) is 12.9. The molecule has 5 heteroatoms. The summed E-state index contributed by atoms with van der Waals surface area (Å²) in [6, 6.07) is 14.5. The second-order valence-electron chi connectivity index (χ2n) is 4.69. The van der Waals surface area contributed by atoms with E-state index in [9.17, 15) is 4.79 Å². The van der Waals surface area contributed by atoms with E-state index in [-0.39, 0.29) is 11.9 Å². The molecule has 3 nitrogen and oxygen atoms in total. The molecule has 0 saturated heterocycles. The van der Waals surface area contributed by atoms with Gasteiger partial charge < -0.3 is 11.1 Å². The first-order chi connectivity index (χ1) is 10.1. The number of amides is 1. The molecule has 0 aliphatic carbocycles. The van der Waals surface area contributed by atoms with Gasteiger partial charge in [0.05, 0.1) is 10.6 Å². The number of benzene rings is 2.